The molecule has 0 heterocycles. The van der Waals surface area contributed by atoms with Crippen molar-refractivity contribution in [2.24, 2.45) is 5.73 Å². The Morgan fingerprint density at radius 2 is 2.14 bits per heavy atom. The van der Waals surface area contributed by atoms with Gasteiger partial charge in [0.25, 0.3) is 0 Å². The van der Waals surface area contributed by atoms with Crippen LogP contribution in [-0.2, 0) is 9.53 Å². The average molecular weight is 202 g/mol. The minimum Gasteiger partial charge on any atom is -0.379 e. The molecule has 4 heteroatoms. The first-order valence-corrected chi connectivity index (χ1v) is 5.22. The fraction of sp³-hybridized carbons (Fsp3) is 0.900. The van der Waals surface area contributed by atoms with Crippen molar-refractivity contribution in [2.75, 3.05) is 13.2 Å². The molecule has 0 saturated heterocycles. The lowest BCUT2D eigenvalue weighted by Gasteiger charge is -2.10. The van der Waals surface area contributed by atoms with Gasteiger partial charge in [0.1, 0.15) is 0 Å². The van der Waals surface area contributed by atoms with Gasteiger partial charge in [-0.3, -0.25) is 4.79 Å². The molecule has 0 rings (SSSR count). The van der Waals surface area contributed by atoms with Gasteiger partial charge in [-0.25, -0.2) is 0 Å². The summed E-state index contributed by atoms with van der Waals surface area (Å²) < 4.78 is 5.33. The normalized spacial score (nSPS) is 12.9. The number of nitrogens with one attached hydrogen (secondary N) is 1. The second-order valence-electron chi connectivity index (χ2n) is 3.58. The Bertz CT molecular complexity index is 160. The maximum atomic E-state index is 11.2. The number of carbonyl (C=O) groups excluding carboxylic acids is 1. The van der Waals surface area contributed by atoms with Gasteiger partial charge in [0, 0.05) is 13.2 Å². The topological polar surface area (TPSA) is 64.4 Å². The Kier molecular flexibility index (Phi) is 7.42. The van der Waals surface area contributed by atoms with Gasteiger partial charge < -0.3 is 15.8 Å². The highest BCUT2D eigenvalue weighted by molar-refractivity contribution is 5.81. The highest BCUT2D eigenvalue weighted by Crippen LogP contribution is 1.90. The number of hydrogen-bond acceptors (Lipinski definition) is 3. The third kappa shape index (κ3) is 6.86. The molecule has 0 fully saturated rings. The van der Waals surface area contributed by atoms with E-state index in [0.717, 1.165) is 6.42 Å². The first-order chi connectivity index (χ1) is 6.57. The maximum Gasteiger partial charge on any atom is 0.236 e. The summed E-state index contributed by atoms with van der Waals surface area (Å²) in [5.41, 5.74) is 5.54. The average Bonchev–Trinajstić information content (AvgIpc) is 2.15. The van der Waals surface area contributed by atoms with Gasteiger partial charge >= 0.3 is 0 Å². The van der Waals surface area contributed by atoms with Crippen LogP contribution in [0.4, 0.5) is 0 Å². The van der Waals surface area contributed by atoms with E-state index in [1.807, 2.05) is 20.8 Å². The molecule has 0 bridgehead atoms. The quantitative estimate of drug-likeness (QED) is 0.596. The smallest absolute Gasteiger partial charge is 0.236 e. The van der Waals surface area contributed by atoms with Crippen molar-refractivity contribution in [3.63, 3.8) is 0 Å². The van der Waals surface area contributed by atoms with E-state index in [4.69, 9.17) is 10.5 Å². The van der Waals surface area contributed by atoms with E-state index in [1.165, 1.54) is 0 Å². The molecule has 0 aliphatic carbocycles. The summed E-state index contributed by atoms with van der Waals surface area (Å²) in [7, 11) is 0. The summed E-state index contributed by atoms with van der Waals surface area (Å²) in [5, 5.41) is 2.76. The monoisotopic (exact) mass is 202 g/mol. The summed E-state index contributed by atoms with van der Waals surface area (Å²) >= 11 is 0. The van der Waals surface area contributed by atoms with Crippen LogP contribution >= 0.6 is 0 Å². The van der Waals surface area contributed by atoms with Crippen LogP contribution in [0.3, 0.4) is 0 Å². The highest BCUT2D eigenvalue weighted by atomic mass is 16.5. The van der Waals surface area contributed by atoms with Crippen molar-refractivity contribution < 1.29 is 9.53 Å². The van der Waals surface area contributed by atoms with Crippen molar-refractivity contribution in [3.8, 4) is 0 Å². The van der Waals surface area contributed by atoms with Crippen LogP contribution < -0.4 is 11.1 Å². The van der Waals surface area contributed by atoms with Crippen LogP contribution in [0.5, 0.6) is 0 Å². The summed E-state index contributed by atoms with van der Waals surface area (Å²) in [6, 6.07) is -0.374. The van der Waals surface area contributed by atoms with Crippen LogP contribution in [0.25, 0.3) is 0 Å². The lowest BCUT2D eigenvalue weighted by Crippen LogP contribution is -2.40. The van der Waals surface area contributed by atoms with E-state index in [9.17, 15) is 4.79 Å². The van der Waals surface area contributed by atoms with E-state index < -0.39 is 0 Å². The van der Waals surface area contributed by atoms with Crippen molar-refractivity contribution >= 4 is 5.91 Å². The molecule has 3 N–H and O–H groups in total. The predicted octanol–water partition coefficient (Wildman–Crippen LogP) is 0.655. The highest BCUT2D eigenvalue weighted by Gasteiger charge is 2.08. The van der Waals surface area contributed by atoms with E-state index in [0.29, 0.717) is 19.6 Å². The van der Waals surface area contributed by atoms with Crippen molar-refractivity contribution in [1.82, 2.24) is 5.32 Å². The third-order valence-corrected chi connectivity index (χ3v) is 1.85. The standard InChI is InChI=1S/C10H22N2O2/c1-4-9(11)10(13)12-6-5-7-14-8(2)3/h8-9H,4-7,11H2,1-3H3,(H,12,13)/t9-/m0/s1. The molecule has 1 atom stereocenters. The number of hydrogen-bond donors (Lipinski definition) is 2. The van der Waals surface area contributed by atoms with E-state index in [-0.39, 0.29) is 18.1 Å². The zero-order valence-corrected chi connectivity index (χ0v) is 9.38. The lowest BCUT2D eigenvalue weighted by molar-refractivity contribution is -0.122. The Labute approximate surface area is 86.2 Å². The third-order valence-electron chi connectivity index (χ3n) is 1.85. The Morgan fingerprint density at radius 3 is 2.64 bits per heavy atom. The fourth-order valence-corrected chi connectivity index (χ4v) is 0.919. The molecule has 0 aromatic rings. The first-order valence-electron chi connectivity index (χ1n) is 5.22. The van der Waals surface area contributed by atoms with Crippen molar-refractivity contribution in [2.45, 2.75) is 45.8 Å². The predicted molar refractivity (Wildman–Crippen MR) is 57.0 cm³/mol. The minimum atomic E-state index is -0.374. The first kappa shape index (κ1) is 13.4. The summed E-state index contributed by atoms with van der Waals surface area (Å²) in [4.78, 5) is 11.2. The Balaban J connectivity index is 3.32. The van der Waals surface area contributed by atoms with Crippen molar-refractivity contribution in [3.05, 3.63) is 0 Å². The molecule has 4 nitrogen and oxygen atoms in total. The fourth-order valence-electron chi connectivity index (χ4n) is 0.919. The van der Waals surface area contributed by atoms with Gasteiger partial charge in [-0.2, -0.15) is 0 Å². The summed E-state index contributed by atoms with van der Waals surface area (Å²) in [5.74, 6) is -0.0722. The molecule has 0 aliphatic heterocycles. The molecule has 0 radical (unpaired) electrons. The van der Waals surface area contributed by atoms with Crippen molar-refractivity contribution in [1.29, 1.82) is 0 Å². The van der Waals surface area contributed by atoms with E-state index >= 15 is 0 Å². The molecule has 0 aromatic carbocycles. The second-order valence-corrected chi connectivity index (χ2v) is 3.58. The number of ether oxygens (including phenoxy) is 1. The van der Waals surface area contributed by atoms with Crippen LogP contribution in [0.15, 0.2) is 0 Å². The van der Waals surface area contributed by atoms with E-state index in [2.05, 4.69) is 5.32 Å². The molecule has 0 spiro atoms. The van der Waals surface area contributed by atoms with E-state index in [1.54, 1.807) is 0 Å². The number of rotatable bonds is 7. The molecule has 0 aromatic heterocycles. The largest absolute Gasteiger partial charge is 0.379 e. The van der Waals surface area contributed by atoms with Gasteiger partial charge in [0.2, 0.25) is 5.91 Å². The molecular weight excluding hydrogens is 180 g/mol. The Hall–Kier alpha value is -0.610. The maximum absolute atomic E-state index is 11.2. The zero-order valence-electron chi connectivity index (χ0n) is 9.38. The van der Waals surface area contributed by atoms with Gasteiger partial charge in [-0.1, -0.05) is 6.92 Å². The van der Waals surface area contributed by atoms with Gasteiger partial charge in [0.05, 0.1) is 12.1 Å². The SMILES string of the molecule is CC[C@H](N)C(=O)NCCCOC(C)C. The molecule has 0 unspecified atom stereocenters. The molecule has 14 heavy (non-hydrogen) atoms. The molecule has 84 valence electrons. The summed E-state index contributed by atoms with van der Waals surface area (Å²) in [6.07, 6.45) is 1.76. The molecule has 0 saturated carbocycles. The van der Waals surface area contributed by atoms with Gasteiger partial charge in [0.15, 0.2) is 0 Å². The van der Waals surface area contributed by atoms with Crippen LogP contribution in [-0.4, -0.2) is 31.2 Å². The van der Waals surface area contributed by atoms with Gasteiger partial charge in [-0.05, 0) is 26.7 Å². The number of carbonyl (C=O) groups is 1. The summed E-state index contributed by atoms with van der Waals surface area (Å²) in [6.45, 7) is 7.20. The lowest BCUT2D eigenvalue weighted by atomic mass is 10.2. The Morgan fingerprint density at radius 1 is 1.50 bits per heavy atom. The zero-order chi connectivity index (χ0) is 11.0. The molecule has 1 amide bonds. The van der Waals surface area contributed by atoms with Gasteiger partial charge in [-0.15, -0.1) is 0 Å². The minimum absolute atomic E-state index is 0.0722. The van der Waals surface area contributed by atoms with Crippen LogP contribution in [0.2, 0.25) is 0 Å². The number of nitrogens with two attached hydrogens (primary N) is 1. The number of amides is 1. The van der Waals surface area contributed by atoms with Crippen LogP contribution in [0, 0.1) is 0 Å². The second kappa shape index (κ2) is 7.76. The molecule has 0 aliphatic rings. The van der Waals surface area contributed by atoms with Crippen LogP contribution in [0.1, 0.15) is 33.6 Å². The molecular formula is C10H22N2O2.